The molecule has 2 rings (SSSR count). The molecule has 1 saturated carbocycles. The van der Waals surface area contributed by atoms with Gasteiger partial charge in [0, 0.05) is 26.2 Å². The van der Waals surface area contributed by atoms with E-state index in [0.29, 0.717) is 13.2 Å². The molecular weight excluding hydrogens is 314 g/mol. The van der Waals surface area contributed by atoms with Crippen molar-refractivity contribution in [3.8, 4) is 0 Å². The van der Waals surface area contributed by atoms with Crippen LogP contribution in [0, 0.1) is 12.8 Å². The number of benzene rings is 1. The molecule has 0 aliphatic heterocycles. The zero-order valence-corrected chi connectivity index (χ0v) is 14.4. The second-order valence-corrected chi connectivity index (χ2v) is 8.21. The van der Waals surface area contributed by atoms with Gasteiger partial charge in [-0.1, -0.05) is 17.7 Å². The maximum absolute atomic E-state index is 12.1. The molecule has 0 atom stereocenters. The van der Waals surface area contributed by atoms with E-state index in [9.17, 15) is 13.2 Å². The van der Waals surface area contributed by atoms with E-state index in [2.05, 4.69) is 5.32 Å². The van der Waals surface area contributed by atoms with Crippen LogP contribution in [-0.4, -0.2) is 39.8 Å². The van der Waals surface area contributed by atoms with E-state index in [4.69, 9.17) is 4.74 Å². The summed E-state index contributed by atoms with van der Waals surface area (Å²) in [4.78, 5) is 12.0. The van der Waals surface area contributed by atoms with Crippen LogP contribution in [0.3, 0.4) is 0 Å². The number of ether oxygens (including phenoxy) is 1. The van der Waals surface area contributed by atoms with Crippen LogP contribution in [0.1, 0.15) is 31.2 Å². The SMILES string of the molecule is Cc1ccc(S(=O)(=O)CCC(=O)NCCCOCC2CC2)cc1. The van der Waals surface area contributed by atoms with Crippen molar-refractivity contribution >= 4 is 15.7 Å². The zero-order chi connectivity index (χ0) is 16.7. The predicted molar refractivity (Wildman–Crippen MR) is 89.0 cm³/mol. The van der Waals surface area contributed by atoms with Gasteiger partial charge in [0.1, 0.15) is 0 Å². The third-order valence-electron chi connectivity index (χ3n) is 3.82. The summed E-state index contributed by atoms with van der Waals surface area (Å²) < 4.78 is 29.7. The number of rotatable bonds is 10. The van der Waals surface area contributed by atoms with Gasteiger partial charge in [-0.3, -0.25) is 4.79 Å². The van der Waals surface area contributed by atoms with Gasteiger partial charge in [-0.25, -0.2) is 8.42 Å². The van der Waals surface area contributed by atoms with E-state index < -0.39 is 9.84 Å². The number of nitrogens with one attached hydrogen (secondary N) is 1. The van der Waals surface area contributed by atoms with Crippen LogP contribution in [0.15, 0.2) is 29.2 Å². The average Bonchev–Trinajstić information content (AvgIpc) is 3.33. The normalized spacial score (nSPS) is 14.7. The Balaban J connectivity index is 1.61. The highest BCUT2D eigenvalue weighted by Crippen LogP contribution is 2.28. The first-order chi connectivity index (χ1) is 11.0. The highest BCUT2D eigenvalue weighted by Gasteiger charge is 2.20. The molecule has 0 saturated heterocycles. The van der Waals surface area contributed by atoms with Crippen LogP contribution in [0.5, 0.6) is 0 Å². The molecule has 1 amide bonds. The van der Waals surface area contributed by atoms with E-state index >= 15 is 0 Å². The molecule has 0 spiro atoms. The Labute approximate surface area is 138 Å². The van der Waals surface area contributed by atoms with Gasteiger partial charge in [0.2, 0.25) is 5.91 Å². The Morgan fingerprint density at radius 3 is 2.61 bits per heavy atom. The Kier molecular flexibility index (Phi) is 6.59. The molecule has 23 heavy (non-hydrogen) atoms. The lowest BCUT2D eigenvalue weighted by Crippen LogP contribution is -2.27. The number of sulfone groups is 1. The van der Waals surface area contributed by atoms with Gasteiger partial charge in [0.25, 0.3) is 0 Å². The molecule has 1 fully saturated rings. The lowest BCUT2D eigenvalue weighted by molar-refractivity contribution is -0.120. The number of carbonyl (C=O) groups excluding carboxylic acids is 1. The van der Waals surface area contributed by atoms with Gasteiger partial charge in [-0.15, -0.1) is 0 Å². The molecule has 0 aromatic heterocycles. The number of hydrogen-bond acceptors (Lipinski definition) is 4. The lowest BCUT2D eigenvalue weighted by atomic mass is 10.2. The maximum atomic E-state index is 12.1. The van der Waals surface area contributed by atoms with Gasteiger partial charge in [0.15, 0.2) is 9.84 Å². The van der Waals surface area contributed by atoms with Gasteiger partial charge >= 0.3 is 0 Å². The van der Waals surface area contributed by atoms with E-state index in [1.807, 2.05) is 6.92 Å². The van der Waals surface area contributed by atoms with Gasteiger partial charge in [-0.2, -0.15) is 0 Å². The summed E-state index contributed by atoms with van der Waals surface area (Å²) in [5, 5.41) is 2.74. The highest BCUT2D eigenvalue weighted by molar-refractivity contribution is 7.91. The zero-order valence-electron chi connectivity index (χ0n) is 13.6. The Morgan fingerprint density at radius 1 is 1.26 bits per heavy atom. The first-order valence-corrected chi connectivity index (χ1v) is 9.76. The molecule has 0 heterocycles. The summed E-state index contributed by atoms with van der Waals surface area (Å²) in [6.07, 6.45) is 3.28. The summed E-state index contributed by atoms with van der Waals surface area (Å²) in [7, 11) is -3.40. The standard InChI is InChI=1S/C17H25NO4S/c1-14-3-7-16(8-4-14)23(20,21)12-9-17(19)18-10-2-11-22-13-15-5-6-15/h3-4,7-8,15H,2,5-6,9-13H2,1H3,(H,18,19). The van der Waals surface area contributed by atoms with Crippen LogP contribution in [0.2, 0.25) is 0 Å². The summed E-state index contributed by atoms with van der Waals surface area (Å²) in [6, 6.07) is 6.68. The first kappa shape index (κ1) is 17.9. The Hall–Kier alpha value is -1.40. The minimum atomic E-state index is -3.40. The Bertz CT molecular complexity index is 606. The third-order valence-corrected chi connectivity index (χ3v) is 5.55. The quantitative estimate of drug-likeness (QED) is 0.663. The molecular formula is C17H25NO4S. The van der Waals surface area contributed by atoms with Crippen LogP contribution in [0.25, 0.3) is 0 Å². The molecule has 1 aromatic carbocycles. The van der Waals surface area contributed by atoms with Crippen LogP contribution < -0.4 is 5.32 Å². The second-order valence-electron chi connectivity index (χ2n) is 6.10. The minimum absolute atomic E-state index is 0.0147. The largest absolute Gasteiger partial charge is 0.381 e. The number of amides is 1. The van der Waals surface area contributed by atoms with Crippen molar-refractivity contribution in [2.24, 2.45) is 5.92 Å². The summed E-state index contributed by atoms with van der Waals surface area (Å²) in [6.45, 7) is 3.88. The molecule has 6 heteroatoms. The van der Waals surface area contributed by atoms with Gasteiger partial charge in [-0.05, 0) is 44.2 Å². The van der Waals surface area contributed by atoms with Crippen molar-refractivity contribution in [3.63, 3.8) is 0 Å². The fourth-order valence-electron chi connectivity index (χ4n) is 2.12. The minimum Gasteiger partial charge on any atom is -0.381 e. The van der Waals surface area contributed by atoms with Crippen molar-refractivity contribution in [2.45, 2.75) is 37.5 Å². The van der Waals surface area contributed by atoms with E-state index in [0.717, 1.165) is 24.5 Å². The highest BCUT2D eigenvalue weighted by atomic mass is 32.2. The van der Waals surface area contributed by atoms with Crippen LogP contribution >= 0.6 is 0 Å². The number of carbonyl (C=O) groups is 1. The Morgan fingerprint density at radius 2 is 1.96 bits per heavy atom. The van der Waals surface area contributed by atoms with Crippen molar-refractivity contribution in [3.05, 3.63) is 29.8 Å². The fourth-order valence-corrected chi connectivity index (χ4v) is 3.36. The van der Waals surface area contributed by atoms with Crippen molar-refractivity contribution < 1.29 is 17.9 Å². The van der Waals surface area contributed by atoms with Crippen LogP contribution in [-0.2, 0) is 19.4 Å². The average molecular weight is 339 g/mol. The van der Waals surface area contributed by atoms with Crippen molar-refractivity contribution in [1.29, 1.82) is 0 Å². The molecule has 5 nitrogen and oxygen atoms in total. The number of aryl methyl sites for hydroxylation is 1. The summed E-state index contributed by atoms with van der Waals surface area (Å²) in [5.41, 5.74) is 1.01. The molecule has 1 N–H and O–H groups in total. The molecule has 1 aromatic rings. The van der Waals surface area contributed by atoms with Crippen molar-refractivity contribution in [2.75, 3.05) is 25.5 Å². The van der Waals surface area contributed by atoms with Gasteiger partial charge < -0.3 is 10.1 Å². The molecule has 0 radical (unpaired) electrons. The van der Waals surface area contributed by atoms with E-state index in [-0.39, 0.29) is 23.0 Å². The molecule has 0 bridgehead atoms. The van der Waals surface area contributed by atoms with Crippen LogP contribution in [0.4, 0.5) is 0 Å². The van der Waals surface area contributed by atoms with E-state index in [1.165, 1.54) is 12.8 Å². The van der Waals surface area contributed by atoms with Gasteiger partial charge in [0.05, 0.1) is 10.6 Å². The molecule has 1 aliphatic rings. The van der Waals surface area contributed by atoms with E-state index in [1.54, 1.807) is 24.3 Å². The fraction of sp³-hybridized carbons (Fsp3) is 0.588. The predicted octanol–water partition coefficient (Wildman–Crippen LogP) is 2.09. The molecule has 0 unspecified atom stereocenters. The number of hydrogen-bond donors (Lipinski definition) is 1. The summed E-state index contributed by atoms with van der Waals surface area (Å²) >= 11 is 0. The molecule has 128 valence electrons. The maximum Gasteiger partial charge on any atom is 0.221 e. The second kappa shape index (κ2) is 8.45. The lowest BCUT2D eigenvalue weighted by Gasteiger charge is -2.07. The molecule has 1 aliphatic carbocycles. The monoisotopic (exact) mass is 339 g/mol. The smallest absolute Gasteiger partial charge is 0.221 e. The first-order valence-electron chi connectivity index (χ1n) is 8.11. The summed E-state index contributed by atoms with van der Waals surface area (Å²) in [5.74, 6) is 0.347. The topological polar surface area (TPSA) is 72.5 Å². The third kappa shape index (κ3) is 6.71. The van der Waals surface area contributed by atoms with Crippen molar-refractivity contribution in [1.82, 2.24) is 5.32 Å².